The van der Waals surface area contributed by atoms with E-state index in [1.54, 1.807) is 45.0 Å². The number of hydrogen-bond acceptors (Lipinski definition) is 5. The second-order valence-corrected chi connectivity index (χ2v) is 8.74. The second-order valence-electron chi connectivity index (χ2n) is 7.93. The van der Waals surface area contributed by atoms with Crippen LogP contribution in [0.2, 0.25) is 10.0 Å². The topological polar surface area (TPSA) is 90.4 Å². The van der Waals surface area contributed by atoms with Crippen LogP contribution in [0.5, 0.6) is 0 Å². The molecule has 2 aromatic carbocycles. The molecule has 0 radical (unpaired) electrons. The maximum atomic E-state index is 13.5. The first-order chi connectivity index (χ1) is 15.6. The minimum absolute atomic E-state index is 0.0704. The van der Waals surface area contributed by atoms with E-state index in [1.165, 1.54) is 35.4 Å². The van der Waals surface area contributed by atoms with Gasteiger partial charge in [0.15, 0.2) is 0 Å². The van der Waals surface area contributed by atoms with Crippen LogP contribution in [-0.2, 0) is 6.54 Å². The molecule has 0 spiro atoms. The van der Waals surface area contributed by atoms with E-state index in [1.807, 2.05) is 0 Å². The van der Waals surface area contributed by atoms with Crippen LogP contribution in [0.25, 0.3) is 0 Å². The lowest BCUT2D eigenvalue weighted by atomic mass is 10.0. The van der Waals surface area contributed by atoms with Crippen LogP contribution in [0, 0.1) is 5.82 Å². The molecule has 3 rings (SSSR count). The van der Waals surface area contributed by atoms with Gasteiger partial charge >= 0.3 is 6.03 Å². The third-order valence-corrected chi connectivity index (χ3v) is 5.75. The molecule has 0 fully saturated rings. The van der Waals surface area contributed by atoms with Crippen LogP contribution in [0.15, 0.2) is 54.7 Å². The fourth-order valence-electron chi connectivity index (χ4n) is 2.80. The molecule has 0 saturated heterocycles. The van der Waals surface area contributed by atoms with Gasteiger partial charge in [0.2, 0.25) is 5.95 Å². The number of aliphatic hydroxyl groups is 1. The van der Waals surface area contributed by atoms with E-state index < -0.39 is 17.4 Å². The average molecular weight is 492 g/mol. The van der Waals surface area contributed by atoms with Gasteiger partial charge < -0.3 is 15.7 Å². The van der Waals surface area contributed by atoms with E-state index in [2.05, 4.69) is 20.6 Å². The molecule has 1 atom stereocenters. The molecular formula is C23H24Cl2FN5O2. The number of urea groups is 1. The Kier molecular flexibility index (Phi) is 7.73. The van der Waals surface area contributed by atoms with Crippen LogP contribution in [-0.4, -0.2) is 32.7 Å². The van der Waals surface area contributed by atoms with Crippen molar-refractivity contribution in [3.8, 4) is 0 Å². The van der Waals surface area contributed by atoms with Crippen molar-refractivity contribution < 1.29 is 14.3 Å². The van der Waals surface area contributed by atoms with Crippen molar-refractivity contribution in [1.82, 2.24) is 15.3 Å². The van der Waals surface area contributed by atoms with Gasteiger partial charge in [0.1, 0.15) is 11.6 Å². The lowest BCUT2D eigenvalue weighted by Crippen LogP contribution is -2.40. The van der Waals surface area contributed by atoms with Crippen molar-refractivity contribution in [2.24, 2.45) is 0 Å². The van der Waals surface area contributed by atoms with E-state index in [9.17, 15) is 14.3 Å². The quantitative estimate of drug-likeness (QED) is 0.403. The highest BCUT2D eigenvalue weighted by Gasteiger charge is 2.24. The molecule has 0 saturated carbocycles. The second kappa shape index (κ2) is 10.3. The number of nitrogens with zero attached hydrogens (tertiary/aromatic N) is 3. The standard InChI is InChI=1S/C23H24Cl2FN5O2/c1-14(23(2,3)33)29-21-27-12-11-20(30-21)31(16-9-7-15(26)8-10-16)22(32)28-13-17-18(24)5-4-6-19(17)25/h4-12,14,33H,13H2,1-3H3,(H,28,32)(H,27,29,30)/t14-/m0/s1. The number of carbonyl (C=O) groups is 1. The van der Waals surface area contributed by atoms with Crippen LogP contribution in [0.1, 0.15) is 26.3 Å². The Morgan fingerprint density at radius 3 is 2.39 bits per heavy atom. The molecule has 0 aliphatic carbocycles. The smallest absolute Gasteiger partial charge is 0.327 e. The summed E-state index contributed by atoms with van der Waals surface area (Å²) in [5.74, 6) is 0.0204. The van der Waals surface area contributed by atoms with Gasteiger partial charge in [0, 0.05) is 34.4 Å². The molecular weight excluding hydrogens is 468 g/mol. The number of halogens is 3. The third kappa shape index (κ3) is 6.31. The van der Waals surface area contributed by atoms with Crippen molar-refractivity contribution in [1.29, 1.82) is 0 Å². The maximum Gasteiger partial charge on any atom is 0.327 e. The molecule has 33 heavy (non-hydrogen) atoms. The Labute approximate surface area is 201 Å². The highest BCUT2D eigenvalue weighted by Crippen LogP contribution is 2.27. The molecule has 10 heteroatoms. The highest BCUT2D eigenvalue weighted by atomic mass is 35.5. The summed E-state index contributed by atoms with van der Waals surface area (Å²) in [6.45, 7) is 5.17. The molecule has 3 aromatic rings. The molecule has 174 valence electrons. The fourth-order valence-corrected chi connectivity index (χ4v) is 3.33. The van der Waals surface area contributed by atoms with Crippen molar-refractivity contribution in [2.45, 2.75) is 39.0 Å². The van der Waals surface area contributed by atoms with Crippen molar-refractivity contribution in [2.75, 3.05) is 10.2 Å². The monoisotopic (exact) mass is 491 g/mol. The number of nitrogens with one attached hydrogen (secondary N) is 2. The number of amides is 2. The molecule has 0 bridgehead atoms. The van der Waals surface area contributed by atoms with Gasteiger partial charge in [-0.15, -0.1) is 0 Å². The summed E-state index contributed by atoms with van der Waals surface area (Å²) >= 11 is 12.4. The first-order valence-corrected chi connectivity index (χ1v) is 10.9. The molecule has 0 aliphatic heterocycles. The zero-order chi connectivity index (χ0) is 24.2. The predicted molar refractivity (Wildman–Crippen MR) is 129 cm³/mol. The van der Waals surface area contributed by atoms with Crippen LogP contribution >= 0.6 is 23.2 Å². The molecule has 0 unspecified atom stereocenters. The third-order valence-electron chi connectivity index (χ3n) is 5.04. The Morgan fingerprint density at radius 1 is 1.15 bits per heavy atom. The zero-order valence-electron chi connectivity index (χ0n) is 18.3. The molecule has 2 amide bonds. The number of benzene rings is 2. The highest BCUT2D eigenvalue weighted by molar-refractivity contribution is 6.36. The summed E-state index contributed by atoms with van der Waals surface area (Å²) in [7, 11) is 0. The lowest BCUT2D eigenvalue weighted by Gasteiger charge is -2.27. The predicted octanol–water partition coefficient (Wildman–Crippen LogP) is 5.54. The van der Waals surface area contributed by atoms with Crippen LogP contribution in [0.3, 0.4) is 0 Å². The summed E-state index contributed by atoms with van der Waals surface area (Å²) in [5, 5.41) is 16.8. The molecule has 3 N–H and O–H groups in total. The van der Waals surface area contributed by atoms with Crippen LogP contribution in [0.4, 0.5) is 26.6 Å². The van der Waals surface area contributed by atoms with Gasteiger partial charge in [0.25, 0.3) is 0 Å². The zero-order valence-corrected chi connectivity index (χ0v) is 19.8. The largest absolute Gasteiger partial charge is 0.388 e. The first kappa shape index (κ1) is 24.7. The number of rotatable bonds is 7. The van der Waals surface area contributed by atoms with E-state index in [4.69, 9.17) is 23.2 Å². The molecule has 0 aliphatic rings. The van der Waals surface area contributed by atoms with E-state index in [0.29, 0.717) is 21.3 Å². The van der Waals surface area contributed by atoms with Gasteiger partial charge in [-0.05, 0) is 57.2 Å². The Morgan fingerprint density at radius 2 is 1.79 bits per heavy atom. The number of anilines is 3. The van der Waals surface area contributed by atoms with Gasteiger partial charge in [-0.1, -0.05) is 29.3 Å². The van der Waals surface area contributed by atoms with Crippen molar-refractivity contribution >= 4 is 46.7 Å². The lowest BCUT2D eigenvalue weighted by molar-refractivity contribution is 0.0646. The summed E-state index contributed by atoms with van der Waals surface area (Å²) < 4.78 is 13.5. The van der Waals surface area contributed by atoms with Gasteiger partial charge in [-0.25, -0.2) is 19.1 Å². The summed E-state index contributed by atoms with van der Waals surface area (Å²) in [4.78, 5) is 23.1. The van der Waals surface area contributed by atoms with E-state index in [0.717, 1.165) is 0 Å². The molecule has 1 heterocycles. The minimum atomic E-state index is -1.03. The van der Waals surface area contributed by atoms with Gasteiger partial charge in [-0.3, -0.25) is 0 Å². The van der Waals surface area contributed by atoms with Crippen LogP contribution < -0.4 is 15.5 Å². The maximum absolute atomic E-state index is 13.5. The summed E-state index contributed by atoms with van der Waals surface area (Å²) in [6, 6.07) is 11.1. The SMILES string of the molecule is C[C@H](Nc1nccc(N(C(=O)NCc2c(Cl)cccc2Cl)c2ccc(F)cc2)n1)C(C)(C)O. The summed E-state index contributed by atoms with van der Waals surface area (Å²) in [6.07, 6.45) is 1.48. The van der Waals surface area contributed by atoms with Crippen molar-refractivity contribution in [3.05, 3.63) is 76.2 Å². The Balaban J connectivity index is 1.91. The Hall–Kier alpha value is -2.94. The van der Waals surface area contributed by atoms with Gasteiger partial charge in [-0.2, -0.15) is 4.98 Å². The fraction of sp³-hybridized carbons (Fsp3) is 0.261. The summed E-state index contributed by atoms with van der Waals surface area (Å²) in [5.41, 5.74) is -0.0710. The average Bonchev–Trinajstić information content (AvgIpc) is 2.74. The van der Waals surface area contributed by atoms with Crippen molar-refractivity contribution in [3.63, 3.8) is 0 Å². The number of hydrogen-bond donors (Lipinski definition) is 3. The van der Waals surface area contributed by atoms with Gasteiger partial charge in [0.05, 0.1) is 17.3 Å². The Bertz CT molecular complexity index is 1100. The van der Waals surface area contributed by atoms with E-state index >= 15 is 0 Å². The first-order valence-electron chi connectivity index (χ1n) is 10.1. The number of aromatic nitrogens is 2. The molecule has 7 nitrogen and oxygen atoms in total. The van der Waals surface area contributed by atoms with E-state index in [-0.39, 0.29) is 24.4 Å². The minimum Gasteiger partial charge on any atom is -0.388 e. The number of carbonyl (C=O) groups excluding carboxylic acids is 1. The molecule has 1 aromatic heterocycles. The normalized spacial score (nSPS) is 12.2.